The molecule has 1 aromatic heterocycles. The van der Waals surface area contributed by atoms with E-state index >= 15 is 0 Å². The molecule has 0 spiro atoms. The molecule has 132 valence electrons. The lowest BCUT2D eigenvalue weighted by molar-refractivity contribution is -0.137. The van der Waals surface area contributed by atoms with Gasteiger partial charge in [-0.1, -0.05) is 18.5 Å². The molecule has 0 aliphatic heterocycles. The lowest BCUT2D eigenvalue weighted by Gasteiger charge is -2.21. The minimum atomic E-state index is -0.769. The molecule has 2 rings (SSSR count). The average Bonchev–Trinajstić information content (AvgIpc) is 2.57. The monoisotopic (exact) mass is 363 g/mol. The van der Waals surface area contributed by atoms with Gasteiger partial charge in [0, 0.05) is 23.8 Å². The molecule has 0 aliphatic carbocycles. The van der Waals surface area contributed by atoms with Gasteiger partial charge in [0.25, 0.3) is 0 Å². The van der Waals surface area contributed by atoms with Crippen molar-refractivity contribution in [1.82, 2.24) is 10.3 Å². The summed E-state index contributed by atoms with van der Waals surface area (Å²) in [6.45, 7) is 4.15. The normalized spacial score (nSPS) is 10.4. The number of rotatable bonds is 5. The summed E-state index contributed by atoms with van der Waals surface area (Å²) >= 11 is 5.78. The first kappa shape index (κ1) is 18.9. The molecule has 1 aromatic carbocycles. The van der Waals surface area contributed by atoms with E-state index in [1.807, 2.05) is 13.8 Å². The van der Waals surface area contributed by atoms with Crippen molar-refractivity contribution >= 4 is 29.1 Å². The summed E-state index contributed by atoms with van der Waals surface area (Å²) in [5.74, 6) is -1.95. The second-order valence-electron chi connectivity index (χ2n) is 5.57. The van der Waals surface area contributed by atoms with Gasteiger partial charge in [-0.25, -0.2) is 4.39 Å². The number of hydrogen-bond donors (Lipinski definition) is 1. The minimum absolute atomic E-state index is 0.00810. The zero-order valence-corrected chi connectivity index (χ0v) is 14.8. The molecule has 0 saturated carbocycles. The van der Waals surface area contributed by atoms with Gasteiger partial charge in [0.2, 0.25) is 0 Å². The Morgan fingerprint density at radius 2 is 2.04 bits per heavy atom. The topological polar surface area (TPSA) is 62.3 Å². The Bertz CT molecular complexity index is 745. The van der Waals surface area contributed by atoms with E-state index in [0.29, 0.717) is 24.2 Å². The van der Waals surface area contributed by atoms with E-state index in [2.05, 4.69) is 10.3 Å². The zero-order valence-electron chi connectivity index (χ0n) is 14.1. The fourth-order valence-electron chi connectivity index (χ4n) is 2.28. The fraction of sp³-hybridized carbons (Fsp3) is 0.278. The number of nitrogens with one attached hydrogen (secondary N) is 1. The maximum Gasteiger partial charge on any atom is 0.316 e. The highest BCUT2D eigenvalue weighted by molar-refractivity contribution is 6.40. The van der Waals surface area contributed by atoms with Crippen molar-refractivity contribution in [3.05, 3.63) is 58.6 Å². The number of aryl methyl sites for hydroxylation is 1. The van der Waals surface area contributed by atoms with Gasteiger partial charge in [-0.2, -0.15) is 0 Å². The summed E-state index contributed by atoms with van der Waals surface area (Å²) in [4.78, 5) is 30.2. The number of hydrogen-bond acceptors (Lipinski definition) is 3. The molecule has 0 aliphatic rings. The number of pyridine rings is 1. The number of halogens is 2. The van der Waals surface area contributed by atoms with Gasteiger partial charge < -0.3 is 10.2 Å². The highest BCUT2D eigenvalue weighted by Crippen LogP contribution is 2.15. The highest BCUT2D eigenvalue weighted by atomic mass is 35.5. The molecule has 1 heterocycles. The van der Waals surface area contributed by atoms with E-state index in [-0.39, 0.29) is 11.6 Å². The van der Waals surface area contributed by atoms with E-state index in [4.69, 9.17) is 11.6 Å². The Labute approximate surface area is 150 Å². The van der Waals surface area contributed by atoms with Crippen molar-refractivity contribution in [2.75, 3.05) is 11.4 Å². The third kappa shape index (κ3) is 5.26. The molecule has 0 unspecified atom stereocenters. The molecule has 2 amide bonds. The van der Waals surface area contributed by atoms with Gasteiger partial charge in [0.15, 0.2) is 0 Å². The summed E-state index contributed by atoms with van der Waals surface area (Å²) in [5.41, 5.74) is 1.85. The quantitative estimate of drug-likeness (QED) is 0.829. The number of anilines is 1. The second-order valence-corrected chi connectivity index (χ2v) is 6.01. The maximum absolute atomic E-state index is 13.3. The van der Waals surface area contributed by atoms with Crippen molar-refractivity contribution in [3.8, 4) is 0 Å². The van der Waals surface area contributed by atoms with E-state index in [1.54, 1.807) is 18.3 Å². The standard InChI is InChI=1S/C18H19ClFN3O2/c1-3-6-23(16-5-4-12(2)21-11-16)18(25)17(24)22-10-13-7-14(19)9-15(20)8-13/h4-5,7-9,11H,3,6,10H2,1-2H3,(H,22,24). The Hall–Kier alpha value is -2.47. The van der Waals surface area contributed by atoms with Crippen LogP contribution in [0.4, 0.5) is 10.1 Å². The molecule has 0 fully saturated rings. The number of amides is 2. The van der Waals surface area contributed by atoms with Crippen molar-refractivity contribution in [3.63, 3.8) is 0 Å². The maximum atomic E-state index is 13.3. The molecule has 7 heteroatoms. The summed E-state index contributed by atoms with van der Waals surface area (Å²) in [6, 6.07) is 7.48. The van der Waals surface area contributed by atoms with Gasteiger partial charge in [-0.3, -0.25) is 14.6 Å². The zero-order chi connectivity index (χ0) is 18.4. The van der Waals surface area contributed by atoms with E-state index in [9.17, 15) is 14.0 Å². The van der Waals surface area contributed by atoms with Crippen LogP contribution in [0.15, 0.2) is 36.5 Å². The third-order valence-electron chi connectivity index (χ3n) is 3.47. The van der Waals surface area contributed by atoms with Crippen LogP contribution >= 0.6 is 11.6 Å². The number of benzene rings is 1. The van der Waals surface area contributed by atoms with Crippen molar-refractivity contribution in [1.29, 1.82) is 0 Å². The molecular weight excluding hydrogens is 345 g/mol. The van der Waals surface area contributed by atoms with E-state index < -0.39 is 17.6 Å². The Kier molecular flexibility index (Phi) is 6.47. The first-order valence-electron chi connectivity index (χ1n) is 7.88. The molecule has 0 atom stereocenters. The summed E-state index contributed by atoms with van der Waals surface area (Å²) < 4.78 is 13.3. The molecule has 0 bridgehead atoms. The Morgan fingerprint density at radius 3 is 2.64 bits per heavy atom. The second kappa shape index (κ2) is 8.58. The van der Waals surface area contributed by atoms with Gasteiger partial charge in [0.1, 0.15) is 5.82 Å². The molecular formula is C18H19ClFN3O2. The smallest absolute Gasteiger partial charge is 0.316 e. The molecule has 2 aromatic rings. The van der Waals surface area contributed by atoms with Crippen LogP contribution in [0.3, 0.4) is 0 Å². The third-order valence-corrected chi connectivity index (χ3v) is 3.69. The van der Waals surface area contributed by atoms with Gasteiger partial charge >= 0.3 is 11.8 Å². The SMILES string of the molecule is CCCN(C(=O)C(=O)NCc1cc(F)cc(Cl)c1)c1ccc(C)nc1. The van der Waals surface area contributed by atoms with Crippen molar-refractivity contribution < 1.29 is 14.0 Å². The lowest BCUT2D eigenvalue weighted by atomic mass is 10.2. The van der Waals surface area contributed by atoms with Gasteiger partial charge in [0.05, 0.1) is 11.9 Å². The minimum Gasteiger partial charge on any atom is -0.344 e. The van der Waals surface area contributed by atoms with Crippen LogP contribution in [0.1, 0.15) is 24.6 Å². The van der Waals surface area contributed by atoms with Crippen molar-refractivity contribution in [2.45, 2.75) is 26.8 Å². The average molecular weight is 364 g/mol. The van der Waals surface area contributed by atoms with Crippen LogP contribution in [0.25, 0.3) is 0 Å². The number of aromatic nitrogens is 1. The predicted octanol–water partition coefficient (Wildman–Crippen LogP) is 3.24. The number of carbonyl (C=O) groups is 2. The van der Waals surface area contributed by atoms with Crippen LogP contribution in [-0.2, 0) is 16.1 Å². The number of nitrogens with zero attached hydrogens (tertiary/aromatic N) is 2. The largest absolute Gasteiger partial charge is 0.344 e. The molecule has 5 nitrogen and oxygen atoms in total. The molecule has 25 heavy (non-hydrogen) atoms. The van der Waals surface area contributed by atoms with Crippen molar-refractivity contribution in [2.24, 2.45) is 0 Å². The summed E-state index contributed by atoms with van der Waals surface area (Å²) in [7, 11) is 0. The summed E-state index contributed by atoms with van der Waals surface area (Å²) in [6.07, 6.45) is 2.24. The van der Waals surface area contributed by atoms with Crippen LogP contribution in [-0.4, -0.2) is 23.3 Å². The van der Waals surface area contributed by atoms with Crippen LogP contribution in [0.2, 0.25) is 5.02 Å². The Morgan fingerprint density at radius 1 is 1.28 bits per heavy atom. The molecule has 0 radical (unpaired) electrons. The van der Waals surface area contributed by atoms with Crippen LogP contribution in [0.5, 0.6) is 0 Å². The van der Waals surface area contributed by atoms with Gasteiger partial charge in [-0.05, 0) is 49.2 Å². The first-order valence-corrected chi connectivity index (χ1v) is 8.26. The Balaban J connectivity index is 2.07. The predicted molar refractivity (Wildman–Crippen MR) is 94.9 cm³/mol. The fourth-order valence-corrected chi connectivity index (χ4v) is 2.53. The molecule has 0 saturated heterocycles. The van der Waals surface area contributed by atoms with E-state index in [0.717, 1.165) is 5.69 Å². The van der Waals surface area contributed by atoms with Crippen LogP contribution in [0, 0.1) is 12.7 Å². The lowest BCUT2D eigenvalue weighted by Crippen LogP contribution is -2.43. The van der Waals surface area contributed by atoms with Crippen LogP contribution < -0.4 is 10.2 Å². The van der Waals surface area contributed by atoms with Gasteiger partial charge in [-0.15, -0.1) is 0 Å². The summed E-state index contributed by atoms with van der Waals surface area (Å²) in [5, 5.41) is 2.73. The number of carbonyl (C=O) groups excluding carboxylic acids is 2. The molecule has 1 N–H and O–H groups in total. The highest BCUT2D eigenvalue weighted by Gasteiger charge is 2.22. The van der Waals surface area contributed by atoms with E-state index in [1.165, 1.54) is 23.1 Å². The first-order chi connectivity index (χ1) is 11.9.